The maximum Gasteiger partial charge on any atom is 0.221 e. The SMILES string of the molecule is COc1cccc([C@H]2CC[C@H](C)N(Cc3ccc(N4CCN(C(C)=O)CC4)cc3F)S2(=O)=O)c1. The zero-order chi connectivity index (χ0) is 24.5. The predicted octanol–water partition coefficient (Wildman–Crippen LogP) is 3.56. The maximum absolute atomic E-state index is 15.1. The van der Waals surface area contributed by atoms with Crippen molar-refractivity contribution in [3.05, 3.63) is 59.4 Å². The minimum Gasteiger partial charge on any atom is -0.497 e. The van der Waals surface area contributed by atoms with Crippen molar-refractivity contribution in [3.8, 4) is 5.75 Å². The highest BCUT2D eigenvalue weighted by molar-refractivity contribution is 7.89. The van der Waals surface area contributed by atoms with Gasteiger partial charge in [0.05, 0.1) is 7.11 Å². The fourth-order valence-corrected chi connectivity index (χ4v) is 7.01. The van der Waals surface area contributed by atoms with Crippen molar-refractivity contribution < 1.29 is 22.3 Å². The molecule has 184 valence electrons. The number of nitrogens with zero attached hydrogens (tertiary/aromatic N) is 3. The van der Waals surface area contributed by atoms with Gasteiger partial charge in [-0.1, -0.05) is 18.2 Å². The van der Waals surface area contributed by atoms with Crippen LogP contribution in [0.3, 0.4) is 0 Å². The second kappa shape index (κ2) is 9.92. The van der Waals surface area contributed by atoms with Gasteiger partial charge in [-0.15, -0.1) is 0 Å². The number of halogens is 1. The van der Waals surface area contributed by atoms with Crippen LogP contribution in [0.4, 0.5) is 10.1 Å². The Hall–Kier alpha value is -2.65. The number of hydrogen-bond acceptors (Lipinski definition) is 5. The molecule has 0 aliphatic carbocycles. The summed E-state index contributed by atoms with van der Waals surface area (Å²) >= 11 is 0. The van der Waals surface area contributed by atoms with Crippen molar-refractivity contribution in [2.75, 3.05) is 38.2 Å². The molecule has 0 spiro atoms. The lowest BCUT2D eigenvalue weighted by atomic mass is 10.0. The van der Waals surface area contributed by atoms with Gasteiger partial charge in [0.1, 0.15) is 16.8 Å². The van der Waals surface area contributed by atoms with Crippen LogP contribution in [0.15, 0.2) is 42.5 Å². The largest absolute Gasteiger partial charge is 0.497 e. The van der Waals surface area contributed by atoms with Crippen LogP contribution >= 0.6 is 0 Å². The number of rotatable bonds is 5. The molecule has 0 unspecified atom stereocenters. The summed E-state index contributed by atoms with van der Waals surface area (Å²) in [6, 6.07) is 11.9. The van der Waals surface area contributed by atoms with Gasteiger partial charge in [-0.05, 0) is 49.6 Å². The van der Waals surface area contributed by atoms with Crippen molar-refractivity contribution in [2.45, 2.75) is 44.5 Å². The summed E-state index contributed by atoms with van der Waals surface area (Å²) < 4.78 is 49.0. The Bertz CT molecular complexity index is 1150. The molecule has 2 heterocycles. The van der Waals surface area contributed by atoms with E-state index in [0.29, 0.717) is 55.9 Å². The van der Waals surface area contributed by atoms with Crippen LogP contribution in [-0.4, -0.2) is 62.9 Å². The lowest BCUT2D eigenvalue weighted by Crippen LogP contribution is -2.48. The van der Waals surface area contributed by atoms with Crippen molar-refractivity contribution in [2.24, 2.45) is 0 Å². The molecule has 34 heavy (non-hydrogen) atoms. The number of anilines is 1. The smallest absolute Gasteiger partial charge is 0.221 e. The molecule has 2 aromatic rings. The average molecular weight is 490 g/mol. The normalized spacial score (nSPS) is 23.1. The number of sulfonamides is 1. The van der Waals surface area contributed by atoms with Crippen LogP contribution in [0.25, 0.3) is 0 Å². The molecule has 2 aromatic carbocycles. The summed E-state index contributed by atoms with van der Waals surface area (Å²) in [6.07, 6.45) is 1.21. The lowest BCUT2D eigenvalue weighted by molar-refractivity contribution is -0.129. The summed E-state index contributed by atoms with van der Waals surface area (Å²) in [6.45, 7) is 5.91. The quantitative estimate of drug-likeness (QED) is 0.642. The summed E-state index contributed by atoms with van der Waals surface area (Å²) in [7, 11) is -2.13. The third-order valence-electron chi connectivity index (χ3n) is 6.94. The Labute approximate surface area is 201 Å². The van der Waals surface area contributed by atoms with Gasteiger partial charge >= 0.3 is 0 Å². The third kappa shape index (κ3) is 4.90. The van der Waals surface area contributed by atoms with Crippen LogP contribution < -0.4 is 9.64 Å². The molecule has 1 amide bonds. The van der Waals surface area contributed by atoms with E-state index in [0.717, 1.165) is 5.69 Å². The van der Waals surface area contributed by atoms with Gasteiger partial charge < -0.3 is 14.5 Å². The minimum atomic E-state index is -3.69. The summed E-state index contributed by atoms with van der Waals surface area (Å²) in [5.74, 6) is 0.242. The number of piperazine rings is 1. The highest BCUT2D eigenvalue weighted by Gasteiger charge is 2.41. The van der Waals surface area contributed by atoms with Crippen LogP contribution in [0.5, 0.6) is 5.75 Å². The Morgan fingerprint density at radius 2 is 1.82 bits per heavy atom. The van der Waals surface area contributed by atoms with Crippen LogP contribution in [0.2, 0.25) is 0 Å². The molecule has 2 atom stereocenters. The Morgan fingerprint density at radius 1 is 1.09 bits per heavy atom. The van der Waals surface area contributed by atoms with Crippen molar-refractivity contribution in [1.29, 1.82) is 0 Å². The van der Waals surface area contributed by atoms with Gasteiger partial charge in [0.15, 0.2) is 0 Å². The fraction of sp³-hybridized carbons (Fsp3) is 0.480. The van der Waals surface area contributed by atoms with E-state index in [4.69, 9.17) is 4.74 Å². The van der Waals surface area contributed by atoms with Crippen LogP contribution in [-0.2, 0) is 21.4 Å². The highest BCUT2D eigenvalue weighted by atomic mass is 32.2. The van der Waals surface area contributed by atoms with Crippen LogP contribution in [0.1, 0.15) is 43.1 Å². The van der Waals surface area contributed by atoms with Gasteiger partial charge in [0.25, 0.3) is 0 Å². The first-order chi connectivity index (χ1) is 16.2. The van der Waals surface area contributed by atoms with E-state index >= 15 is 4.39 Å². The minimum absolute atomic E-state index is 0.00576. The van der Waals surface area contributed by atoms with Gasteiger partial charge in [0, 0.05) is 56.9 Å². The van der Waals surface area contributed by atoms with E-state index < -0.39 is 21.1 Å². The number of hydrogen-bond donors (Lipinski definition) is 0. The summed E-state index contributed by atoms with van der Waals surface area (Å²) in [5, 5.41) is -0.682. The molecule has 0 saturated carbocycles. The Kier molecular flexibility index (Phi) is 7.14. The number of amides is 1. The molecule has 9 heteroatoms. The van der Waals surface area contributed by atoms with E-state index in [1.807, 2.05) is 17.9 Å². The molecule has 2 fully saturated rings. The van der Waals surface area contributed by atoms with Crippen molar-refractivity contribution in [3.63, 3.8) is 0 Å². The first-order valence-corrected chi connectivity index (χ1v) is 13.1. The van der Waals surface area contributed by atoms with Gasteiger partial charge in [-0.2, -0.15) is 4.31 Å². The zero-order valence-corrected chi connectivity index (χ0v) is 20.7. The second-order valence-electron chi connectivity index (χ2n) is 9.05. The monoisotopic (exact) mass is 489 g/mol. The first-order valence-electron chi connectivity index (χ1n) is 11.6. The number of benzene rings is 2. The zero-order valence-electron chi connectivity index (χ0n) is 19.9. The lowest BCUT2D eigenvalue weighted by Gasteiger charge is -2.38. The molecule has 2 aliphatic rings. The number of ether oxygens (including phenoxy) is 1. The molecule has 7 nitrogen and oxygen atoms in total. The van der Waals surface area contributed by atoms with E-state index in [9.17, 15) is 13.2 Å². The van der Waals surface area contributed by atoms with Crippen molar-refractivity contribution in [1.82, 2.24) is 9.21 Å². The Morgan fingerprint density at radius 3 is 2.47 bits per heavy atom. The second-order valence-corrected chi connectivity index (χ2v) is 11.1. The van der Waals surface area contributed by atoms with E-state index in [1.165, 1.54) is 10.4 Å². The molecule has 2 aliphatic heterocycles. The van der Waals surface area contributed by atoms with E-state index in [1.54, 1.807) is 49.3 Å². The van der Waals surface area contributed by atoms with Crippen LogP contribution in [0, 0.1) is 5.82 Å². The molecular formula is C25H32FN3O4S. The summed E-state index contributed by atoms with van der Waals surface area (Å²) in [5.41, 5.74) is 1.79. The average Bonchev–Trinajstić information content (AvgIpc) is 2.82. The highest BCUT2D eigenvalue weighted by Crippen LogP contribution is 2.39. The van der Waals surface area contributed by atoms with Gasteiger partial charge in [0.2, 0.25) is 15.9 Å². The van der Waals surface area contributed by atoms with Gasteiger partial charge in [-0.25, -0.2) is 12.8 Å². The predicted molar refractivity (Wildman–Crippen MR) is 130 cm³/mol. The van der Waals surface area contributed by atoms with Crippen molar-refractivity contribution >= 4 is 21.6 Å². The van der Waals surface area contributed by atoms with E-state index in [-0.39, 0.29) is 18.5 Å². The molecule has 0 N–H and O–H groups in total. The first kappa shape index (κ1) is 24.5. The fourth-order valence-electron chi connectivity index (χ4n) is 4.83. The molecule has 0 radical (unpaired) electrons. The molecule has 0 bridgehead atoms. The number of methoxy groups -OCH3 is 1. The standard InChI is InChI=1S/C25H32FN3O4S/c1-18-7-10-25(20-5-4-6-23(15-20)33-3)34(31,32)29(18)17-21-8-9-22(16-24(21)26)28-13-11-27(12-14-28)19(2)30/h4-6,8-9,15-16,18,25H,7,10-14,17H2,1-3H3/t18-,25+/m0/s1. The number of carbonyl (C=O) groups is 1. The maximum atomic E-state index is 15.1. The summed E-state index contributed by atoms with van der Waals surface area (Å²) in [4.78, 5) is 15.4. The molecule has 4 rings (SSSR count). The Balaban J connectivity index is 1.52. The topological polar surface area (TPSA) is 70.2 Å². The molecule has 0 aromatic heterocycles. The number of carbonyl (C=O) groups excluding carboxylic acids is 1. The third-order valence-corrected chi connectivity index (χ3v) is 9.31. The van der Waals surface area contributed by atoms with Gasteiger partial charge in [-0.3, -0.25) is 4.79 Å². The van der Waals surface area contributed by atoms with E-state index in [2.05, 4.69) is 0 Å². The molecule has 2 saturated heterocycles. The molecular weight excluding hydrogens is 457 g/mol.